The van der Waals surface area contributed by atoms with Crippen LogP contribution in [0, 0.1) is 5.82 Å². The predicted molar refractivity (Wildman–Crippen MR) is 102 cm³/mol. The lowest BCUT2D eigenvalue weighted by Crippen LogP contribution is -2.35. The largest absolute Gasteiger partial charge is 0.378 e. The molecule has 0 unspecified atom stereocenters. The second-order valence-electron chi connectivity index (χ2n) is 6.07. The zero-order valence-electron chi connectivity index (χ0n) is 15.3. The monoisotopic (exact) mass is 372 g/mol. The Balaban J connectivity index is 1.95. The molecule has 0 aliphatic heterocycles. The normalized spacial score (nSPS) is 10.1. The summed E-state index contributed by atoms with van der Waals surface area (Å²) in [6, 6.07) is 11.1. The zero-order valence-corrected chi connectivity index (χ0v) is 15.3. The summed E-state index contributed by atoms with van der Waals surface area (Å²) in [6.45, 7) is 1.47. The van der Waals surface area contributed by atoms with Crippen molar-refractivity contribution >= 4 is 34.8 Å². The molecule has 7 nitrogen and oxygen atoms in total. The second-order valence-corrected chi connectivity index (χ2v) is 6.07. The molecule has 0 aliphatic carbocycles. The van der Waals surface area contributed by atoms with Gasteiger partial charge in [0.2, 0.25) is 5.91 Å². The van der Waals surface area contributed by atoms with Crippen molar-refractivity contribution in [1.82, 2.24) is 5.32 Å². The number of carbonyl (C=O) groups is 3. The van der Waals surface area contributed by atoms with Gasteiger partial charge in [0.1, 0.15) is 5.82 Å². The molecular formula is C19H21FN4O3. The number of hydrogen-bond donors (Lipinski definition) is 3. The van der Waals surface area contributed by atoms with Crippen LogP contribution >= 0.6 is 0 Å². The number of rotatable bonds is 5. The number of nitrogens with zero attached hydrogens (tertiary/aromatic N) is 1. The fraction of sp³-hybridized carbons (Fsp3) is 0.211. The number of nitrogens with one attached hydrogen (secondary N) is 3. The number of carbonyl (C=O) groups excluding carboxylic acids is 3. The summed E-state index contributed by atoms with van der Waals surface area (Å²) in [5.41, 5.74) is 1.94. The summed E-state index contributed by atoms with van der Waals surface area (Å²) in [5, 5.41) is 7.15. The number of halogens is 1. The summed E-state index contributed by atoms with van der Waals surface area (Å²) < 4.78 is 13.8. The quantitative estimate of drug-likeness (QED) is 0.701. The predicted octanol–water partition coefficient (Wildman–Crippen LogP) is 2.10. The maximum absolute atomic E-state index is 13.8. The van der Waals surface area contributed by atoms with Crippen molar-refractivity contribution in [1.29, 1.82) is 0 Å². The molecule has 2 rings (SSSR count). The fourth-order valence-corrected chi connectivity index (χ4v) is 2.26. The first-order valence-electron chi connectivity index (χ1n) is 8.19. The van der Waals surface area contributed by atoms with E-state index in [0.717, 1.165) is 17.3 Å². The molecule has 0 fully saturated rings. The van der Waals surface area contributed by atoms with Gasteiger partial charge >= 0.3 is 11.8 Å². The third kappa shape index (κ3) is 5.81. The van der Waals surface area contributed by atoms with Gasteiger partial charge in [-0.1, -0.05) is 12.1 Å². The first kappa shape index (κ1) is 19.9. The van der Waals surface area contributed by atoms with Gasteiger partial charge in [-0.25, -0.2) is 4.39 Å². The molecular weight excluding hydrogens is 351 g/mol. The maximum atomic E-state index is 13.8. The first-order valence-corrected chi connectivity index (χ1v) is 8.19. The Morgan fingerprint density at radius 3 is 2.22 bits per heavy atom. The standard InChI is InChI=1S/C19H21FN4O3/c1-12(25)22-14-6-9-16(20)17(10-14)23-19(27)18(26)21-11-13-4-7-15(8-5-13)24(2)3/h4-10H,11H2,1-3H3,(H,21,26)(H,22,25)(H,23,27). The lowest BCUT2D eigenvalue weighted by atomic mass is 10.2. The Bertz CT molecular complexity index is 851. The fourth-order valence-electron chi connectivity index (χ4n) is 2.26. The van der Waals surface area contributed by atoms with Crippen molar-refractivity contribution in [3.63, 3.8) is 0 Å². The van der Waals surface area contributed by atoms with Crippen LogP contribution in [0.3, 0.4) is 0 Å². The minimum Gasteiger partial charge on any atom is -0.378 e. The highest BCUT2D eigenvalue weighted by Gasteiger charge is 2.16. The van der Waals surface area contributed by atoms with Crippen molar-refractivity contribution in [2.45, 2.75) is 13.5 Å². The number of hydrogen-bond acceptors (Lipinski definition) is 4. The molecule has 0 heterocycles. The molecule has 27 heavy (non-hydrogen) atoms. The van der Waals surface area contributed by atoms with E-state index in [1.165, 1.54) is 19.1 Å². The van der Waals surface area contributed by atoms with Crippen LogP contribution in [0.15, 0.2) is 42.5 Å². The summed E-state index contributed by atoms with van der Waals surface area (Å²) in [5.74, 6) is -2.95. The van der Waals surface area contributed by atoms with Crippen LogP contribution in [0.4, 0.5) is 21.5 Å². The molecule has 0 bridgehead atoms. The van der Waals surface area contributed by atoms with Crippen LogP contribution in [0.1, 0.15) is 12.5 Å². The van der Waals surface area contributed by atoms with Gasteiger partial charge in [-0.15, -0.1) is 0 Å². The van der Waals surface area contributed by atoms with Crippen molar-refractivity contribution < 1.29 is 18.8 Å². The third-order valence-corrected chi connectivity index (χ3v) is 3.65. The lowest BCUT2D eigenvalue weighted by Gasteiger charge is -2.13. The molecule has 3 amide bonds. The Morgan fingerprint density at radius 2 is 1.63 bits per heavy atom. The van der Waals surface area contributed by atoms with E-state index in [0.29, 0.717) is 5.69 Å². The van der Waals surface area contributed by atoms with Gasteiger partial charge in [-0.3, -0.25) is 14.4 Å². The number of benzene rings is 2. The molecule has 0 saturated heterocycles. The highest BCUT2D eigenvalue weighted by atomic mass is 19.1. The van der Waals surface area contributed by atoms with Crippen LogP contribution in [0.5, 0.6) is 0 Å². The molecule has 142 valence electrons. The van der Waals surface area contributed by atoms with Crippen LogP contribution in [-0.4, -0.2) is 31.8 Å². The third-order valence-electron chi connectivity index (χ3n) is 3.65. The Labute approximate surface area is 156 Å². The van der Waals surface area contributed by atoms with E-state index in [9.17, 15) is 18.8 Å². The smallest absolute Gasteiger partial charge is 0.313 e. The molecule has 0 aliphatic rings. The van der Waals surface area contributed by atoms with E-state index >= 15 is 0 Å². The minimum absolute atomic E-state index is 0.161. The van der Waals surface area contributed by atoms with Gasteiger partial charge in [-0.2, -0.15) is 0 Å². The number of anilines is 3. The molecule has 0 spiro atoms. The van der Waals surface area contributed by atoms with Crippen LogP contribution in [0.25, 0.3) is 0 Å². The Hall–Kier alpha value is -3.42. The maximum Gasteiger partial charge on any atom is 0.313 e. The van der Waals surface area contributed by atoms with Crippen LogP contribution < -0.4 is 20.9 Å². The lowest BCUT2D eigenvalue weighted by molar-refractivity contribution is -0.136. The zero-order chi connectivity index (χ0) is 20.0. The van der Waals surface area contributed by atoms with Gasteiger partial charge in [0.25, 0.3) is 0 Å². The minimum atomic E-state index is -1.00. The van der Waals surface area contributed by atoms with Gasteiger partial charge in [-0.05, 0) is 35.9 Å². The summed E-state index contributed by atoms with van der Waals surface area (Å²) in [6.07, 6.45) is 0. The van der Waals surface area contributed by atoms with Crippen molar-refractivity contribution in [2.75, 3.05) is 29.6 Å². The summed E-state index contributed by atoms with van der Waals surface area (Å²) in [4.78, 5) is 36.9. The molecule has 8 heteroatoms. The average molecular weight is 372 g/mol. The van der Waals surface area contributed by atoms with Crippen molar-refractivity contribution in [2.24, 2.45) is 0 Å². The van der Waals surface area contributed by atoms with Gasteiger partial charge in [0, 0.05) is 38.9 Å². The molecule has 2 aromatic carbocycles. The molecule has 2 aromatic rings. The Kier molecular flexibility index (Phi) is 6.48. The van der Waals surface area contributed by atoms with Crippen molar-refractivity contribution in [3.05, 3.63) is 53.8 Å². The van der Waals surface area contributed by atoms with Crippen molar-refractivity contribution in [3.8, 4) is 0 Å². The van der Waals surface area contributed by atoms with E-state index < -0.39 is 17.6 Å². The number of amides is 3. The second kappa shape index (κ2) is 8.79. The topological polar surface area (TPSA) is 90.5 Å². The van der Waals surface area contributed by atoms with E-state index in [1.54, 1.807) is 0 Å². The van der Waals surface area contributed by atoms with E-state index in [2.05, 4.69) is 16.0 Å². The molecule has 0 radical (unpaired) electrons. The van der Waals surface area contributed by atoms with Gasteiger partial charge < -0.3 is 20.9 Å². The summed E-state index contributed by atoms with van der Waals surface area (Å²) in [7, 11) is 3.84. The van der Waals surface area contributed by atoms with Gasteiger partial charge in [0.15, 0.2) is 0 Å². The highest BCUT2D eigenvalue weighted by molar-refractivity contribution is 6.39. The first-order chi connectivity index (χ1) is 12.8. The highest BCUT2D eigenvalue weighted by Crippen LogP contribution is 2.19. The van der Waals surface area contributed by atoms with Crippen LogP contribution in [-0.2, 0) is 20.9 Å². The van der Waals surface area contributed by atoms with E-state index in [4.69, 9.17) is 0 Å². The molecule has 0 saturated carbocycles. The molecule has 3 N–H and O–H groups in total. The van der Waals surface area contributed by atoms with Gasteiger partial charge in [0.05, 0.1) is 5.69 Å². The van der Waals surface area contributed by atoms with E-state index in [1.807, 2.05) is 43.3 Å². The summed E-state index contributed by atoms with van der Waals surface area (Å²) >= 11 is 0. The SMILES string of the molecule is CC(=O)Nc1ccc(F)c(NC(=O)C(=O)NCc2ccc(N(C)C)cc2)c1. The van der Waals surface area contributed by atoms with E-state index in [-0.39, 0.29) is 18.1 Å². The average Bonchev–Trinajstić information content (AvgIpc) is 2.62. The van der Waals surface area contributed by atoms with Crippen LogP contribution in [0.2, 0.25) is 0 Å². The Morgan fingerprint density at radius 1 is 0.963 bits per heavy atom. The molecule has 0 atom stereocenters. The molecule has 0 aromatic heterocycles.